The third kappa shape index (κ3) is 2.14. The highest BCUT2D eigenvalue weighted by Crippen LogP contribution is 2.22. The van der Waals surface area contributed by atoms with E-state index in [9.17, 15) is 0 Å². The van der Waals surface area contributed by atoms with Crippen LogP contribution < -0.4 is 5.73 Å². The first-order chi connectivity index (χ1) is 7.83. The lowest BCUT2D eigenvalue weighted by molar-refractivity contribution is 0.830. The predicted molar refractivity (Wildman–Crippen MR) is 66.0 cm³/mol. The Balaban J connectivity index is 2.37. The molecule has 2 aromatic rings. The molecule has 0 aliphatic heterocycles. The Morgan fingerprint density at radius 3 is 2.81 bits per heavy atom. The van der Waals surface area contributed by atoms with Crippen molar-refractivity contribution in [2.45, 2.75) is 12.8 Å². The zero-order chi connectivity index (χ0) is 11.4. The Bertz CT molecular complexity index is 460. The van der Waals surface area contributed by atoms with E-state index in [2.05, 4.69) is 29.2 Å². The van der Waals surface area contributed by atoms with Gasteiger partial charge in [-0.1, -0.05) is 24.3 Å². The standard InChI is InChI=1S/C13H17N3/c1-16-10-9-15-13(16)12-7-3-2-5-11(12)6-4-8-14/h2-3,5,7,9-10H,4,6,8,14H2,1H3. The minimum Gasteiger partial charge on any atom is -0.334 e. The van der Waals surface area contributed by atoms with Gasteiger partial charge in [-0.05, 0) is 24.9 Å². The van der Waals surface area contributed by atoms with Gasteiger partial charge in [-0.2, -0.15) is 0 Å². The summed E-state index contributed by atoms with van der Waals surface area (Å²) in [6, 6.07) is 8.39. The van der Waals surface area contributed by atoms with Crippen molar-refractivity contribution in [1.29, 1.82) is 0 Å². The molecule has 1 heterocycles. The minimum absolute atomic E-state index is 0.731. The molecule has 3 nitrogen and oxygen atoms in total. The summed E-state index contributed by atoms with van der Waals surface area (Å²) in [5, 5.41) is 0. The molecule has 0 amide bonds. The third-order valence-electron chi connectivity index (χ3n) is 2.73. The first kappa shape index (κ1) is 10.9. The van der Waals surface area contributed by atoms with E-state index in [1.54, 1.807) is 0 Å². The van der Waals surface area contributed by atoms with Gasteiger partial charge in [0.15, 0.2) is 0 Å². The number of benzene rings is 1. The molecule has 0 saturated carbocycles. The SMILES string of the molecule is Cn1ccnc1-c1ccccc1CCCN. The monoisotopic (exact) mass is 215 g/mol. The highest BCUT2D eigenvalue weighted by molar-refractivity contribution is 5.60. The van der Waals surface area contributed by atoms with Crippen molar-refractivity contribution >= 4 is 0 Å². The van der Waals surface area contributed by atoms with Crippen molar-refractivity contribution in [2.75, 3.05) is 6.54 Å². The first-order valence-electron chi connectivity index (χ1n) is 5.58. The molecule has 0 saturated heterocycles. The van der Waals surface area contributed by atoms with Gasteiger partial charge in [-0.3, -0.25) is 0 Å². The maximum absolute atomic E-state index is 5.55. The number of imidazole rings is 1. The molecule has 0 unspecified atom stereocenters. The van der Waals surface area contributed by atoms with Gasteiger partial charge < -0.3 is 10.3 Å². The normalized spacial score (nSPS) is 10.6. The molecule has 2 rings (SSSR count). The Labute approximate surface area is 95.9 Å². The largest absolute Gasteiger partial charge is 0.334 e. The smallest absolute Gasteiger partial charge is 0.139 e. The molecule has 0 atom stereocenters. The van der Waals surface area contributed by atoms with E-state index in [0.29, 0.717) is 0 Å². The van der Waals surface area contributed by atoms with Crippen LogP contribution in [0.5, 0.6) is 0 Å². The van der Waals surface area contributed by atoms with Crippen LogP contribution in [0, 0.1) is 0 Å². The Kier molecular flexibility index (Phi) is 3.37. The lowest BCUT2D eigenvalue weighted by Crippen LogP contribution is -2.02. The average Bonchev–Trinajstić information content (AvgIpc) is 2.73. The van der Waals surface area contributed by atoms with Gasteiger partial charge in [0, 0.05) is 25.0 Å². The molecule has 0 spiro atoms. The number of nitrogens with zero attached hydrogens (tertiary/aromatic N) is 2. The molecule has 3 heteroatoms. The van der Waals surface area contributed by atoms with E-state index in [-0.39, 0.29) is 0 Å². The van der Waals surface area contributed by atoms with Crippen LogP contribution in [0.15, 0.2) is 36.7 Å². The third-order valence-corrected chi connectivity index (χ3v) is 2.73. The predicted octanol–water partition coefficient (Wildman–Crippen LogP) is 1.98. The number of aromatic nitrogens is 2. The second-order valence-electron chi connectivity index (χ2n) is 3.91. The quantitative estimate of drug-likeness (QED) is 0.847. The lowest BCUT2D eigenvalue weighted by atomic mass is 10.0. The number of rotatable bonds is 4. The zero-order valence-corrected chi connectivity index (χ0v) is 9.56. The van der Waals surface area contributed by atoms with Gasteiger partial charge in [0.2, 0.25) is 0 Å². The molecule has 2 N–H and O–H groups in total. The van der Waals surface area contributed by atoms with E-state index in [0.717, 1.165) is 25.2 Å². The van der Waals surface area contributed by atoms with E-state index < -0.39 is 0 Å². The molecule has 0 aliphatic carbocycles. The summed E-state index contributed by atoms with van der Waals surface area (Å²) in [4.78, 5) is 4.39. The highest BCUT2D eigenvalue weighted by Gasteiger charge is 2.07. The zero-order valence-electron chi connectivity index (χ0n) is 9.56. The van der Waals surface area contributed by atoms with Crippen LogP contribution in [0.3, 0.4) is 0 Å². The van der Waals surface area contributed by atoms with E-state index >= 15 is 0 Å². The second-order valence-corrected chi connectivity index (χ2v) is 3.91. The molecular formula is C13H17N3. The molecule has 16 heavy (non-hydrogen) atoms. The van der Waals surface area contributed by atoms with Gasteiger partial charge >= 0.3 is 0 Å². The molecule has 1 aromatic carbocycles. The number of aryl methyl sites for hydroxylation is 2. The van der Waals surface area contributed by atoms with Crippen LogP contribution in [-0.4, -0.2) is 16.1 Å². The summed E-state index contributed by atoms with van der Waals surface area (Å²) in [6.45, 7) is 0.731. The van der Waals surface area contributed by atoms with E-state index in [4.69, 9.17) is 5.73 Å². The fourth-order valence-corrected chi connectivity index (χ4v) is 1.87. The van der Waals surface area contributed by atoms with Crippen LogP contribution in [0.4, 0.5) is 0 Å². The number of nitrogens with two attached hydrogens (primary N) is 1. The Morgan fingerprint density at radius 2 is 2.12 bits per heavy atom. The van der Waals surface area contributed by atoms with Crippen molar-refractivity contribution < 1.29 is 0 Å². The van der Waals surface area contributed by atoms with Crippen LogP contribution in [0.25, 0.3) is 11.4 Å². The number of hydrogen-bond donors (Lipinski definition) is 1. The van der Waals surface area contributed by atoms with Crippen molar-refractivity contribution in [1.82, 2.24) is 9.55 Å². The van der Waals surface area contributed by atoms with Crippen molar-refractivity contribution in [2.24, 2.45) is 12.8 Å². The van der Waals surface area contributed by atoms with Gasteiger partial charge in [0.25, 0.3) is 0 Å². The fourth-order valence-electron chi connectivity index (χ4n) is 1.87. The minimum atomic E-state index is 0.731. The van der Waals surface area contributed by atoms with Gasteiger partial charge in [-0.25, -0.2) is 4.98 Å². The summed E-state index contributed by atoms with van der Waals surface area (Å²) in [6.07, 6.45) is 5.82. The Morgan fingerprint density at radius 1 is 1.31 bits per heavy atom. The summed E-state index contributed by atoms with van der Waals surface area (Å²) in [5.74, 6) is 1.02. The van der Waals surface area contributed by atoms with Gasteiger partial charge in [0.05, 0.1) is 0 Å². The lowest BCUT2D eigenvalue weighted by Gasteiger charge is -2.08. The Hall–Kier alpha value is -1.61. The average molecular weight is 215 g/mol. The summed E-state index contributed by atoms with van der Waals surface area (Å²) >= 11 is 0. The van der Waals surface area contributed by atoms with Crippen LogP contribution >= 0.6 is 0 Å². The number of hydrogen-bond acceptors (Lipinski definition) is 2. The maximum atomic E-state index is 5.55. The molecule has 0 fully saturated rings. The van der Waals surface area contributed by atoms with Gasteiger partial charge in [0.1, 0.15) is 5.82 Å². The first-order valence-corrected chi connectivity index (χ1v) is 5.58. The van der Waals surface area contributed by atoms with E-state index in [1.807, 2.05) is 24.0 Å². The highest BCUT2D eigenvalue weighted by atomic mass is 15.0. The van der Waals surface area contributed by atoms with E-state index in [1.165, 1.54) is 11.1 Å². The van der Waals surface area contributed by atoms with Crippen molar-refractivity contribution in [3.05, 3.63) is 42.2 Å². The molecule has 84 valence electrons. The summed E-state index contributed by atoms with van der Waals surface area (Å²) in [7, 11) is 2.02. The van der Waals surface area contributed by atoms with Crippen LogP contribution in [0.2, 0.25) is 0 Å². The summed E-state index contributed by atoms with van der Waals surface area (Å²) in [5.41, 5.74) is 8.09. The van der Waals surface area contributed by atoms with Gasteiger partial charge in [-0.15, -0.1) is 0 Å². The maximum Gasteiger partial charge on any atom is 0.139 e. The second kappa shape index (κ2) is 4.94. The summed E-state index contributed by atoms with van der Waals surface area (Å²) < 4.78 is 2.04. The van der Waals surface area contributed by atoms with Crippen LogP contribution in [-0.2, 0) is 13.5 Å². The molecule has 1 aromatic heterocycles. The van der Waals surface area contributed by atoms with Crippen molar-refractivity contribution in [3.8, 4) is 11.4 Å². The van der Waals surface area contributed by atoms with Crippen LogP contribution in [0.1, 0.15) is 12.0 Å². The molecule has 0 aliphatic rings. The molecule has 0 radical (unpaired) electrons. The fraction of sp³-hybridized carbons (Fsp3) is 0.308. The topological polar surface area (TPSA) is 43.8 Å². The van der Waals surface area contributed by atoms with Crippen molar-refractivity contribution in [3.63, 3.8) is 0 Å². The molecular weight excluding hydrogens is 198 g/mol. The molecule has 0 bridgehead atoms.